The molecular formula is C12H15BrN2O3S. The third kappa shape index (κ3) is 5.63. The van der Waals surface area contributed by atoms with Crippen molar-refractivity contribution in [2.24, 2.45) is 5.73 Å². The molecule has 7 heteroatoms. The summed E-state index contributed by atoms with van der Waals surface area (Å²) >= 11 is 4.86. The Balaban J connectivity index is 2.46. The highest BCUT2D eigenvalue weighted by Crippen LogP contribution is 2.28. The number of primary amides is 1. The minimum atomic E-state index is -0.632. The number of hydrogen-bond acceptors (Lipinski definition) is 4. The Morgan fingerprint density at radius 1 is 1.37 bits per heavy atom. The summed E-state index contributed by atoms with van der Waals surface area (Å²) in [6.07, 6.45) is 0. The topological polar surface area (TPSA) is 81.4 Å². The van der Waals surface area contributed by atoms with Gasteiger partial charge < -0.3 is 5.73 Å². The molecule has 0 atom stereocenters. The lowest BCUT2D eigenvalue weighted by molar-refractivity contribution is -0.135. The number of nitrogens with two attached hydrogens (primary N) is 1. The smallest absolute Gasteiger partial charge is 0.253 e. The molecule has 0 saturated carbocycles. The Hall–Kier alpha value is -1.05. The van der Waals surface area contributed by atoms with Gasteiger partial charge in [0, 0.05) is 9.37 Å². The molecule has 0 aliphatic rings. The van der Waals surface area contributed by atoms with Gasteiger partial charge in [0.05, 0.1) is 5.75 Å². The number of rotatable bonds is 6. The summed E-state index contributed by atoms with van der Waals surface area (Å²) in [6.45, 7) is 3.64. The van der Waals surface area contributed by atoms with Crippen LogP contribution >= 0.6 is 27.7 Å². The number of aryl methyl sites for hydroxylation is 2. The normalized spacial score (nSPS) is 10.3. The van der Waals surface area contributed by atoms with Gasteiger partial charge in [-0.05, 0) is 37.1 Å². The Bertz CT molecular complexity index is 494. The molecule has 3 N–H and O–H groups in total. The molecular weight excluding hydrogens is 332 g/mol. The van der Waals surface area contributed by atoms with Crippen LogP contribution in [0.25, 0.3) is 0 Å². The van der Waals surface area contributed by atoms with E-state index >= 15 is 0 Å². The van der Waals surface area contributed by atoms with Crippen LogP contribution in [0.2, 0.25) is 0 Å². The summed E-state index contributed by atoms with van der Waals surface area (Å²) < 4.78 is 1.04. The van der Waals surface area contributed by atoms with Gasteiger partial charge in [-0.3, -0.25) is 14.4 Å². The summed E-state index contributed by atoms with van der Waals surface area (Å²) in [4.78, 5) is 27.5. The second-order valence-electron chi connectivity index (χ2n) is 3.94. The largest absolute Gasteiger partial charge is 0.368 e. The summed E-state index contributed by atoms with van der Waals surface area (Å²) in [5, 5.41) is 0. The van der Waals surface area contributed by atoms with Gasteiger partial charge in [-0.15, -0.1) is 11.8 Å². The first-order valence-corrected chi connectivity index (χ1v) is 7.26. The van der Waals surface area contributed by atoms with Crippen LogP contribution in [0, 0.1) is 13.8 Å². The lowest BCUT2D eigenvalue weighted by Crippen LogP contribution is -2.30. The molecule has 19 heavy (non-hydrogen) atoms. The predicted octanol–water partition coefficient (Wildman–Crippen LogP) is 1.69. The zero-order valence-corrected chi connectivity index (χ0v) is 13.1. The lowest BCUT2D eigenvalue weighted by Gasteiger charge is -2.08. The molecule has 1 aromatic carbocycles. The summed E-state index contributed by atoms with van der Waals surface area (Å²) in [6, 6.07) is 4.03. The molecule has 104 valence electrons. The van der Waals surface area contributed by atoms with Crippen molar-refractivity contribution in [2.75, 3.05) is 12.4 Å². The molecule has 1 rings (SSSR count). The van der Waals surface area contributed by atoms with Crippen LogP contribution in [0.1, 0.15) is 11.1 Å². The Kier molecular flexibility index (Phi) is 6.33. The van der Waals surface area contributed by atoms with Crippen molar-refractivity contribution in [1.82, 2.24) is 5.48 Å². The minimum Gasteiger partial charge on any atom is -0.368 e. The van der Waals surface area contributed by atoms with Crippen molar-refractivity contribution in [3.63, 3.8) is 0 Å². The van der Waals surface area contributed by atoms with Crippen molar-refractivity contribution >= 4 is 39.5 Å². The second-order valence-corrected chi connectivity index (χ2v) is 5.81. The maximum atomic E-state index is 11.4. The molecule has 0 heterocycles. The number of benzene rings is 1. The monoisotopic (exact) mass is 346 g/mol. The standard InChI is InChI=1S/C12H15BrN2O3S/c1-7-4-10(8(2)3-9(7)13)19-6-12(17)15-18-5-11(14)16/h3-4H,5-6H2,1-2H3,(H2,14,16)(H,15,17). The average Bonchev–Trinajstić information content (AvgIpc) is 2.31. The zero-order chi connectivity index (χ0) is 14.4. The average molecular weight is 347 g/mol. The van der Waals surface area contributed by atoms with E-state index in [1.807, 2.05) is 26.0 Å². The fourth-order valence-electron chi connectivity index (χ4n) is 1.27. The summed E-state index contributed by atoms with van der Waals surface area (Å²) in [7, 11) is 0. The third-order valence-electron chi connectivity index (χ3n) is 2.22. The molecule has 0 aliphatic carbocycles. The molecule has 1 aromatic rings. The van der Waals surface area contributed by atoms with Gasteiger partial charge in [0.15, 0.2) is 6.61 Å². The number of nitrogens with one attached hydrogen (secondary N) is 1. The predicted molar refractivity (Wildman–Crippen MR) is 77.6 cm³/mol. The van der Waals surface area contributed by atoms with E-state index in [1.54, 1.807) is 0 Å². The maximum absolute atomic E-state index is 11.4. The molecule has 2 amide bonds. The van der Waals surface area contributed by atoms with Crippen molar-refractivity contribution in [3.05, 3.63) is 27.7 Å². The quantitative estimate of drug-likeness (QED) is 0.606. The van der Waals surface area contributed by atoms with E-state index in [1.165, 1.54) is 11.8 Å². The van der Waals surface area contributed by atoms with Crippen LogP contribution in [0.5, 0.6) is 0 Å². The zero-order valence-electron chi connectivity index (χ0n) is 10.7. The number of hydrogen-bond donors (Lipinski definition) is 2. The van der Waals surface area contributed by atoms with Crippen LogP contribution < -0.4 is 11.2 Å². The number of carbonyl (C=O) groups excluding carboxylic acids is 2. The van der Waals surface area contributed by atoms with Crippen molar-refractivity contribution in [3.8, 4) is 0 Å². The highest BCUT2D eigenvalue weighted by atomic mass is 79.9. The number of thioether (sulfide) groups is 1. The molecule has 5 nitrogen and oxygen atoms in total. The number of hydroxylamine groups is 1. The lowest BCUT2D eigenvalue weighted by atomic mass is 10.2. The molecule has 0 radical (unpaired) electrons. The molecule has 0 aromatic heterocycles. The van der Waals surface area contributed by atoms with Gasteiger partial charge in [-0.2, -0.15) is 0 Å². The Morgan fingerprint density at radius 3 is 2.68 bits per heavy atom. The van der Waals surface area contributed by atoms with Crippen LogP contribution in [0.15, 0.2) is 21.5 Å². The molecule has 0 aliphatic heterocycles. The van der Waals surface area contributed by atoms with Crippen LogP contribution in [-0.2, 0) is 14.4 Å². The van der Waals surface area contributed by atoms with E-state index < -0.39 is 5.91 Å². The molecule has 0 unspecified atom stereocenters. The van der Waals surface area contributed by atoms with Gasteiger partial charge in [0.25, 0.3) is 5.91 Å². The van der Waals surface area contributed by atoms with Gasteiger partial charge >= 0.3 is 0 Å². The number of carbonyl (C=O) groups is 2. The summed E-state index contributed by atoms with van der Waals surface area (Å²) in [5.74, 6) is -0.737. The summed E-state index contributed by atoms with van der Waals surface area (Å²) in [5.41, 5.74) is 9.23. The third-order valence-corrected chi connectivity index (χ3v) is 4.23. The molecule has 0 spiro atoms. The maximum Gasteiger partial charge on any atom is 0.253 e. The highest BCUT2D eigenvalue weighted by Gasteiger charge is 2.07. The highest BCUT2D eigenvalue weighted by molar-refractivity contribution is 9.10. The van der Waals surface area contributed by atoms with Gasteiger partial charge in [-0.1, -0.05) is 15.9 Å². The van der Waals surface area contributed by atoms with Crippen LogP contribution in [-0.4, -0.2) is 24.2 Å². The van der Waals surface area contributed by atoms with E-state index in [9.17, 15) is 9.59 Å². The first-order chi connectivity index (χ1) is 8.90. The van der Waals surface area contributed by atoms with E-state index in [2.05, 4.69) is 26.2 Å². The van der Waals surface area contributed by atoms with E-state index in [0.29, 0.717) is 0 Å². The fraction of sp³-hybridized carbons (Fsp3) is 0.333. The number of amides is 2. The molecule has 0 fully saturated rings. The van der Waals surface area contributed by atoms with Gasteiger partial charge in [0.1, 0.15) is 0 Å². The van der Waals surface area contributed by atoms with E-state index in [0.717, 1.165) is 20.5 Å². The van der Waals surface area contributed by atoms with E-state index in [4.69, 9.17) is 5.73 Å². The molecule has 0 bridgehead atoms. The van der Waals surface area contributed by atoms with Crippen LogP contribution in [0.4, 0.5) is 0 Å². The first-order valence-electron chi connectivity index (χ1n) is 5.48. The van der Waals surface area contributed by atoms with Gasteiger partial charge in [0.2, 0.25) is 5.91 Å². The fourth-order valence-corrected chi connectivity index (χ4v) is 2.62. The Morgan fingerprint density at radius 2 is 2.05 bits per heavy atom. The minimum absolute atomic E-state index is 0.209. The van der Waals surface area contributed by atoms with Gasteiger partial charge in [-0.25, -0.2) is 5.48 Å². The van der Waals surface area contributed by atoms with Crippen LogP contribution in [0.3, 0.4) is 0 Å². The van der Waals surface area contributed by atoms with Crippen molar-refractivity contribution in [2.45, 2.75) is 18.7 Å². The SMILES string of the molecule is Cc1cc(SCC(=O)NOCC(N)=O)c(C)cc1Br. The number of halogens is 1. The van der Waals surface area contributed by atoms with Crippen molar-refractivity contribution < 1.29 is 14.4 Å². The Labute approximate surface area is 124 Å². The van der Waals surface area contributed by atoms with E-state index in [-0.39, 0.29) is 18.3 Å². The second kappa shape index (κ2) is 7.52. The van der Waals surface area contributed by atoms with Crippen molar-refractivity contribution in [1.29, 1.82) is 0 Å². The first kappa shape index (κ1) is 16.0. The molecule has 0 saturated heterocycles.